The number of carbonyl (C=O) groups excluding carboxylic acids is 2. The predicted octanol–water partition coefficient (Wildman–Crippen LogP) is 2.01. The zero-order valence-electron chi connectivity index (χ0n) is 15.8. The third-order valence-corrected chi connectivity index (χ3v) is 4.72. The average Bonchev–Trinajstić information content (AvgIpc) is 2.61. The van der Waals surface area contributed by atoms with Gasteiger partial charge in [-0.05, 0) is 74.9 Å². The number of rotatable bonds is 14. The van der Waals surface area contributed by atoms with Gasteiger partial charge in [0.15, 0.2) is 0 Å². The van der Waals surface area contributed by atoms with E-state index in [0.29, 0.717) is 24.2 Å². The maximum absolute atomic E-state index is 11.9. The van der Waals surface area contributed by atoms with E-state index in [2.05, 4.69) is 0 Å². The maximum Gasteiger partial charge on any atom is 0.248 e. The fraction of sp³-hybridized carbons (Fsp3) is 0.600. The lowest BCUT2D eigenvalue weighted by Gasteiger charge is -2.17. The van der Waals surface area contributed by atoms with Gasteiger partial charge < -0.3 is 22.9 Å². The predicted molar refractivity (Wildman–Crippen MR) is 106 cm³/mol. The van der Waals surface area contributed by atoms with E-state index in [4.69, 9.17) is 22.9 Å². The summed E-state index contributed by atoms with van der Waals surface area (Å²) in [6.45, 7) is 1.38. The molecule has 0 aromatic heterocycles. The summed E-state index contributed by atoms with van der Waals surface area (Å²) in [4.78, 5) is 23.8. The Hall–Kier alpha value is -1.92. The lowest BCUT2D eigenvalue weighted by atomic mass is 9.88. The Morgan fingerprint density at radius 1 is 0.615 bits per heavy atom. The van der Waals surface area contributed by atoms with Gasteiger partial charge in [-0.25, -0.2) is 0 Å². The minimum absolute atomic E-state index is 0.456. The molecule has 0 aliphatic carbocycles. The van der Waals surface area contributed by atoms with Gasteiger partial charge in [0.2, 0.25) is 11.8 Å². The van der Waals surface area contributed by atoms with Crippen LogP contribution >= 0.6 is 0 Å². The number of hydrogen-bond acceptors (Lipinski definition) is 4. The summed E-state index contributed by atoms with van der Waals surface area (Å²) in [5.41, 5.74) is 25.0. The second-order valence-corrected chi connectivity index (χ2v) is 6.75. The zero-order chi connectivity index (χ0) is 19.4. The zero-order valence-corrected chi connectivity index (χ0v) is 15.8. The number of amides is 2. The van der Waals surface area contributed by atoms with Crippen molar-refractivity contribution in [1.82, 2.24) is 0 Å². The summed E-state index contributed by atoms with van der Waals surface area (Å²) >= 11 is 0. The molecule has 0 atom stereocenters. The number of hydrogen-bond donors (Lipinski definition) is 4. The quantitative estimate of drug-likeness (QED) is 0.376. The minimum atomic E-state index is -0.456. The molecular formula is C20H34N4O2. The molecule has 1 aromatic rings. The molecule has 1 rings (SSSR count). The molecule has 6 heteroatoms. The van der Waals surface area contributed by atoms with Crippen molar-refractivity contribution in [2.24, 2.45) is 22.9 Å². The molecule has 0 unspecified atom stereocenters. The molecule has 0 saturated carbocycles. The molecule has 0 aliphatic rings. The van der Waals surface area contributed by atoms with Crippen molar-refractivity contribution in [3.63, 3.8) is 0 Å². The molecule has 0 saturated heterocycles. The van der Waals surface area contributed by atoms with Crippen molar-refractivity contribution in [2.75, 3.05) is 13.1 Å². The first-order valence-electron chi connectivity index (χ1n) is 9.67. The fourth-order valence-electron chi connectivity index (χ4n) is 3.33. The lowest BCUT2D eigenvalue weighted by Crippen LogP contribution is -2.20. The second kappa shape index (κ2) is 12.4. The number of carbonyl (C=O) groups is 2. The minimum Gasteiger partial charge on any atom is -0.366 e. The van der Waals surface area contributed by atoms with Crippen molar-refractivity contribution in [2.45, 2.75) is 64.2 Å². The fourth-order valence-corrected chi connectivity index (χ4v) is 3.33. The standard InChI is InChI=1S/C20H34N4O2/c21-13-7-3-1-5-9-15-16(10-6-2-4-8-14-22)18(20(24)26)12-11-17(15)19(23)25/h11-12H,1-10,13-14,21-22H2,(H2,23,25)(H2,24,26). The van der Waals surface area contributed by atoms with Gasteiger partial charge in [-0.1, -0.05) is 25.7 Å². The summed E-state index contributed by atoms with van der Waals surface area (Å²) < 4.78 is 0. The highest BCUT2D eigenvalue weighted by Gasteiger charge is 2.18. The Kier molecular flexibility index (Phi) is 10.6. The van der Waals surface area contributed by atoms with E-state index >= 15 is 0 Å². The van der Waals surface area contributed by atoms with Crippen LogP contribution in [0.15, 0.2) is 12.1 Å². The van der Waals surface area contributed by atoms with Crippen LogP contribution in [0.1, 0.15) is 83.2 Å². The number of unbranched alkanes of at least 4 members (excludes halogenated alkanes) is 6. The average molecular weight is 363 g/mol. The van der Waals surface area contributed by atoms with Crippen molar-refractivity contribution in [3.05, 3.63) is 34.4 Å². The lowest BCUT2D eigenvalue weighted by molar-refractivity contribution is 0.0986. The van der Waals surface area contributed by atoms with Crippen molar-refractivity contribution in [1.29, 1.82) is 0 Å². The maximum atomic E-state index is 11.9. The molecule has 0 fully saturated rings. The molecule has 26 heavy (non-hydrogen) atoms. The van der Waals surface area contributed by atoms with Gasteiger partial charge in [0.1, 0.15) is 0 Å². The largest absolute Gasteiger partial charge is 0.366 e. The molecular weight excluding hydrogens is 328 g/mol. The first-order valence-corrected chi connectivity index (χ1v) is 9.67. The number of primary amides is 2. The summed E-state index contributed by atoms with van der Waals surface area (Å²) in [5.74, 6) is -0.912. The van der Waals surface area contributed by atoms with Crippen LogP contribution in [0.4, 0.5) is 0 Å². The molecule has 0 radical (unpaired) electrons. The van der Waals surface area contributed by atoms with Gasteiger partial charge in [0, 0.05) is 11.1 Å². The van der Waals surface area contributed by atoms with Crippen LogP contribution in [0.25, 0.3) is 0 Å². The van der Waals surface area contributed by atoms with Gasteiger partial charge in [0.05, 0.1) is 0 Å². The molecule has 0 heterocycles. The van der Waals surface area contributed by atoms with E-state index in [1.54, 1.807) is 12.1 Å². The number of nitrogens with two attached hydrogens (primary N) is 4. The van der Waals surface area contributed by atoms with Crippen LogP contribution in [0.5, 0.6) is 0 Å². The van der Waals surface area contributed by atoms with Crippen LogP contribution < -0.4 is 22.9 Å². The van der Waals surface area contributed by atoms with E-state index in [1.807, 2.05) is 0 Å². The Balaban J connectivity index is 2.99. The van der Waals surface area contributed by atoms with Crippen LogP contribution in [0.2, 0.25) is 0 Å². The Morgan fingerprint density at radius 3 is 1.27 bits per heavy atom. The molecule has 0 spiro atoms. The highest BCUT2D eigenvalue weighted by molar-refractivity contribution is 5.99. The highest BCUT2D eigenvalue weighted by atomic mass is 16.1. The van der Waals surface area contributed by atoms with Crippen molar-refractivity contribution < 1.29 is 9.59 Å². The van der Waals surface area contributed by atoms with Gasteiger partial charge in [-0.3, -0.25) is 9.59 Å². The summed E-state index contributed by atoms with van der Waals surface area (Å²) in [6.07, 6.45) is 9.50. The first-order chi connectivity index (χ1) is 12.5. The SMILES string of the molecule is NCCCCCCc1c(C(N)=O)ccc(C(N)=O)c1CCCCCCN. The molecule has 8 N–H and O–H groups in total. The molecule has 0 bridgehead atoms. The van der Waals surface area contributed by atoms with E-state index in [1.165, 1.54) is 0 Å². The van der Waals surface area contributed by atoms with Crippen molar-refractivity contribution in [3.8, 4) is 0 Å². The van der Waals surface area contributed by atoms with E-state index in [0.717, 1.165) is 75.3 Å². The van der Waals surface area contributed by atoms with E-state index < -0.39 is 11.8 Å². The Bertz CT molecular complexity index is 536. The summed E-state index contributed by atoms with van der Waals surface area (Å²) in [7, 11) is 0. The van der Waals surface area contributed by atoms with Gasteiger partial charge in [-0.2, -0.15) is 0 Å². The van der Waals surface area contributed by atoms with E-state index in [9.17, 15) is 9.59 Å². The molecule has 0 aliphatic heterocycles. The third-order valence-electron chi connectivity index (χ3n) is 4.72. The van der Waals surface area contributed by atoms with E-state index in [-0.39, 0.29) is 0 Å². The molecule has 1 aromatic carbocycles. The van der Waals surface area contributed by atoms with Gasteiger partial charge >= 0.3 is 0 Å². The molecule has 2 amide bonds. The summed E-state index contributed by atoms with van der Waals surface area (Å²) in [6, 6.07) is 3.27. The Labute approximate surface area is 156 Å². The Morgan fingerprint density at radius 2 is 0.962 bits per heavy atom. The normalized spacial score (nSPS) is 10.8. The molecule has 6 nitrogen and oxygen atoms in total. The second-order valence-electron chi connectivity index (χ2n) is 6.75. The third kappa shape index (κ3) is 7.14. The number of benzene rings is 1. The topological polar surface area (TPSA) is 138 Å². The van der Waals surface area contributed by atoms with Crippen molar-refractivity contribution >= 4 is 11.8 Å². The first kappa shape index (κ1) is 22.1. The van der Waals surface area contributed by atoms with Gasteiger partial charge in [-0.15, -0.1) is 0 Å². The molecule has 146 valence electrons. The van der Waals surface area contributed by atoms with Crippen LogP contribution in [-0.4, -0.2) is 24.9 Å². The monoisotopic (exact) mass is 362 g/mol. The van der Waals surface area contributed by atoms with Crippen LogP contribution in [0, 0.1) is 0 Å². The smallest absolute Gasteiger partial charge is 0.248 e. The van der Waals surface area contributed by atoms with Crippen LogP contribution in [-0.2, 0) is 12.8 Å². The summed E-state index contributed by atoms with van der Waals surface area (Å²) in [5, 5.41) is 0. The van der Waals surface area contributed by atoms with Gasteiger partial charge in [0.25, 0.3) is 0 Å². The highest BCUT2D eigenvalue weighted by Crippen LogP contribution is 2.24. The van der Waals surface area contributed by atoms with Crippen LogP contribution in [0.3, 0.4) is 0 Å².